The van der Waals surface area contributed by atoms with Crippen molar-refractivity contribution in [3.8, 4) is 11.4 Å². The zero-order valence-electron chi connectivity index (χ0n) is 13.0. The fourth-order valence-corrected chi connectivity index (χ4v) is 2.35. The predicted octanol–water partition coefficient (Wildman–Crippen LogP) is 3.30. The number of hydrogen-bond acceptors (Lipinski definition) is 5. The topological polar surface area (TPSA) is 86.2 Å². The first kappa shape index (κ1) is 15.5. The SMILES string of the molecule is CCc1ccc(/C=N\n2cnnc2-c2ccccc2)cc1[N+](=O)[O-]. The summed E-state index contributed by atoms with van der Waals surface area (Å²) in [5.41, 5.74) is 2.34. The van der Waals surface area contributed by atoms with Crippen LogP contribution in [0.2, 0.25) is 0 Å². The van der Waals surface area contributed by atoms with E-state index in [1.165, 1.54) is 17.1 Å². The van der Waals surface area contributed by atoms with Crippen LogP contribution in [0.3, 0.4) is 0 Å². The molecule has 7 heteroatoms. The molecule has 0 atom stereocenters. The van der Waals surface area contributed by atoms with Crippen molar-refractivity contribution in [2.45, 2.75) is 13.3 Å². The molecule has 0 bridgehead atoms. The zero-order chi connectivity index (χ0) is 16.9. The molecule has 0 radical (unpaired) electrons. The molecule has 0 aliphatic carbocycles. The fraction of sp³-hybridized carbons (Fsp3) is 0.118. The van der Waals surface area contributed by atoms with Gasteiger partial charge >= 0.3 is 0 Å². The molecule has 120 valence electrons. The number of nitrogens with zero attached hydrogens (tertiary/aromatic N) is 5. The van der Waals surface area contributed by atoms with Crippen LogP contribution >= 0.6 is 0 Å². The van der Waals surface area contributed by atoms with Crippen molar-refractivity contribution in [1.29, 1.82) is 0 Å². The highest BCUT2D eigenvalue weighted by Gasteiger charge is 2.12. The molecule has 3 aromatic rings. The van der Waals surface area contributed by atoms with E-state index in [4.69, 9.17) is 0 Å². The van der Waals surface area contributed by atoms with Crippen molar-refractivity contribution in [3.05, 3.63) is 76.1 Å². The lowest BCUT2D eigenvalue weighted by atomic mass is 10.1. The molecule has 1 heterocycles. The van der Waals surface area contributed by atoms with Gasteiger partial charge in [-0.1, -0.05) is 49.4 Å². The summed E-state index contributed by atoms with van der Waals surface area (Å²) < 4.78 is 1.54. The lowest BCUT2D eigenvalue weighted by molar-refractivity contribution is -0.385. The van der Waals surface area contributed by atoms with E-state index < -0.39 is 0 Å². The van der Waals surface area contributed by atoms with Gasteiger partial charge in [-0.2, -0.15) is 9.78 Å². The molecule has 0 fully saturated rings. The smallest absolute Gasteiger partial charge is 0.258 e. The second kappa shape index (κ2) is 6.82. The summed E-state index contributed by atoms with van der Waals surface area (Å²) >= 11 is 0. The number of benzene rings is 2. The first-order valence-electron chi connectivity index (χ1n) is 7.46. The number of aryl methyl sites for hydroxylation is 1. The Bertz CT molecular complexity index is 887. The largest absolute Gasteiger partial charge is 0.273 e. The summed E-state index contributed by atoms with van der Waals surface area (Å²) in [6.07, 6.45) is 3.66. The van der Waals surface area contributed by atoms with Crippen LogP contribution < -0.4 is 0 Å². The van der Waals surface area contributed by atoms with Crippen LogP contribution in [0.5, 0.6) is 0 Å². The molecule has 7 nitrogen and oxygen atoms in total. The van der Waals surface area contributed by atoms with E-state index in [0.717, 1.165) is 5.56 Å². The maximum absolute atomic E-state index is 11.1. The quantitative estimate of drug-likeness (QED) is 0.410. The molecule has 0 amide bonds. The molecular formula is C17H15N5O2. The highest BCUT2D eigenvalue weighted by molar-refractivity contribution is 5.81. The van der Waals surface area contributed by atoms with Crippen LogP contribution in [0.25, 0.3) is 11.4 Å². The Kier molecular flexibility index (Phi) is 4.42. The van der Waals surface area contributed by atoms with E-state index in [9.17, 15) is 10.1 Å². The minimum absolute atomic E-state index is 0.105. The zero-order valence-corrected chi connectivity index (χ0v) is 13.0. The minimum Gasteiger partial charge on any atom is -0.258 e. The second-order valence-corrected chi connectivity index (χ2v) is 5.11. The van der Waals surface area contributed by atoms with Gasteiger partial charge in [-0.25, -0.2) is 0 Å². The van der Waals surface area contributed by atoms with Gasteiger partial charge in [0.15, 0.2) is 5.82 Å². The number of hydrogen-bond donors (Lipinski definition) is 0. The van der Waals surface area contributed by atoms with Crippen LogP contribution in [-0.2, 0) is 6.42 Å². The Morgan fingerprint density at radius 2 is 2.04 bits per heavy atom. The highest BCUT2D eigenvalue weighted by atomic mass is 16.6. The molecule has 0 saturated carbocycles. The fourth-order valence-electron chi connectivity index (χ4n) is 2.35. The third-order valence-electron chi connectivity index (χ3n) is 3.58. The predicted molar refractivity (Wildman–Crippen MR) is 90.9 cm³/mol. The molecule has 3 rings (SSSR count). The van der Waals surface area contributed by atoms with Crippen molar-refractivity contribution in [2.75, 3.05) is 0 Å². The molecule has 2 aromatic carbocycles. The van der Waals surface area contributed by atoms with E-state index in [0.29, 0.717) is 23.4 Å². The Morgan fingerprint density at radius 1 is 1.25 bits per heavy atom. The van der Waals surface area contributed by atoms with Crippen molar-refractivity contribution in [2.24, 2.45) is 5.10 Å². The summed E-state index contributed by atoms with van der Waals surface area (Å²) in [5, 5.41) is 23.4. The molecule has 24 heavy (non-hydrogen) atoms. The molecule has 0 aliphatic heterocycles. The van der Waals surface area contributed by atoms with Gasteiger partial charge in [-0.05, 0) is 6.42 Å². The van der Waals surface area contributed by atoms with Gasteiger partial charge < -0.3 is 0 Å². The van der Waals surface area contributed by atoms with Gasteiger partial charge in [-0.3, -0.25) is 10.1 Å². The minimum atomic E-state index is -0.371. The summed E-state index contributed by atoms with van der Waals surface area (Å²) in [7, 11) is 0. The third kappa shape index (κ3) is 3.19. The Labute approximate surface area is 138 Å². The van der Waals surface area contributed by atoms with Gasteiger partial charge in [0.2, 0.25) is 0 Å². The van der Waals surface area contributed by atoms with Gasteiger partial charge in [0.1, 0.15) is 6.33 Å². The maximum Gasteiger partial charge on any atom is 0.273 e. The van der Waals surface area contributed by atoms with E-state index in [-0.39, 0.29) is 10.6 Å². The lowest BCUT2D eigenvalue weighted by Crippen LogP contribution is -1.97. The monoisotopic (exact) mass is 321 g/mol. The standard InChI is InChI=1S/C17H15N5O2/c1-2-14-9-8-13(10-16(14)22(23)24)11-19-21-12-18-20-17(21)15-6-4-3-5-7-15/h3-12H,2H2,1H3/b19-11-. The third-order valence-corrected chi connectivity index (χ3v) is 3.58. The Hall–Kier alpha value is -3.35. The Balaban J connectivity index is 1.92. The van der Waals surface area contributed by atoms with E-state index >= 15 is 0 Å². The van der Waals surface area contributed by atoms with Crippen LogP contribution in [0.15, 0.2) is 60.0 Å². The van der Waals surface area contributed by atoms with E-state index in [1.807, 2.05) is 43.3 Å². The van der Waals surface area contributed by atoms with Crippen LogP contribution in [0.1, 0.15) is 18.1 Å². The molecular weight excluding hydrogens is 306 g/mol. The lowest BCUT2D eigenvalue weighted by Gasteiger charge is -2.02. The van der Waals surface area contributed by atoms with Crippen molar-refractivity contribution >= 4 is 11.9 Å². The second-order valence-electron chi connectivity index (χ2n) is 5.11. The molecule has 0 N–H and O–H groups in total. The molecule has 0 unspecified atom stereocenters. The number of nitro groups is 1. The van der Waals surface area contributed by atoms with Gasteiger partial charge in [-0.15, -0.1) is 10.2 Å². The highest BCUT2D eigenvalue weighted by Crippen LogP contribution is 2.20. The summed E-state index contributed by atoms with van der Waals surface area (Å²) in [5.74, 6) is 0.603. The summed E-state index contributed by atoms with van der Waals surface area (Å²) in [6.45, 7) is 1.89. The molecule has 1 aromatic heterocycles. The van der Waals surface area contributed by atoms with Crippen molar-refractivity contribution in [1.82, 2.24) is 14.9 Å². The summed E-state index contributed by atoms with van der Waals surface area (Å²) in [4.78, 5) is 10.8. The van der Waals surface area contributed by atoms with Crippen LogP contribution in [-0.4, -0.2) is 26.0 Å². The van der Waals surface area contributed by atoms with Gasteiger partial charge in [0.25, 0.3) is 5.69 Å². The van der Waals surface area contributed by atoms with Crippen molar-refractivity contribution < 1.29 is 4.92 Å². The normalized spacial score (nSPS) is 11.0. The number of rotatable bonds is 5. The molecule has 0 aliphatic rings. The first-order valence-corrected chi connectivity index (χ1v) is 7.46. The first-order chi connectivity index (χ1) is 11.7. The Morgan fingerprint density at radius 3 is 2.75 bits per heavy atom. The molecule has 0 spiro atoms. The van der Waals surface area contributed by atoms with Crippen LogP contribution in [0.4, 0.5) is 5.69 Å². The number of aromatic nitrogens is 3. The summed E-state index contributed by atoms with van der Waals surface area (Å²) in [6, 6.07) is 14.6. The molecule has 0 saturated heterocycles. The van der Waals surface area contributed by atoms with Crippen molar-refractivity contribution in [3.63, 3.8) is 0 Å². The number of nitro benzene ring substituents is 1. The van der Waals surface area contributed by atoms with E-state index in [1.54, 1.807) is 12.3 Å². The van der Waals surface area contributed by atoms with Gasteiger partial charge in [0, 0.05) is 22.8 Å². The van der Waals surface area contributed by atoms with Gasteiger partial charge in [0.05, 0.1) is 11.1 Å². The maximum atomic E-state index is 11.1. The van der Waals surface area contributed by atoms with Crippen LogP contribution in [0, 0.1) is 10.1 Å². The van der Waals surface area contributed by atoms with E-state index in [2.05, 4.69) is 15.3 Å². The average Bonchev–Trinajstić information content (AvgIpc) is 3.09. The average molecular weight is 321 g/mol.